The van der Waals surface area contributed by atoms with Gasteiger partial charge in [0.15, 0.2) is 0 Å². The van der Waals surface area contributed by atoms with Gasteiger partial charge in [0.1, 0.15) is 5.60 Å². The molecule has 0 radical (unpaired) electrons. The van der Waals surface area contributed by atoms with Crippen molar-refractivity contribution in [1.29, 1.82) is 0 Å². The highest BCUT2D eigenvalue weighted by Gasteiger charge is 2.48. The van der Waals surface area contributed by atoms with Gasteiger partial charge >= 0.3 is 12.1 Å². The van der Waals surface area contributed by atoms with E-state index in [2.05, 4.69) is 15.9 Å². The zero-order valence-electron chi connectivity index (χ0n) is 12.0. The number of amides is 1. The fourth-order valence-electron chi connectivity index (χ4n) is 2.28. The van der Waals surface area contributed by atoms with E-state index in [-0.39, 0.29) is 6.04 Å². The van der Waals surface area contributed by atoms with Gasteiger partial charge in [-0.05, 0) is 27.7 Å². The topological polar surface area (TPSA) is 55.8 Å². The summed E-state index contributed by atoms with van der Waals surface area (Å²) < 4.78 is 11.1. The highest BCUT2D eigenvalue weighted by atomic mass is 79.9. The lowest BCUT2D eigenvalue weighted by Gasteiger charge is -2.28. The Morgan fingerprint density at radius 1 is 1.30 bits per heavy atom. The van der Waals surface area contributed by atoms with Crippen LogP contribution in [-0.4, -0.2) is 41.3 Å². The van der Waals surface area contributed by atoms with Gasteiger partial charge in [0, 0.05) is 4.48 Å². The second-order valence-corrected chi connectivity index (χ2v) is 6.50. The van der Waals surface area contributed by atoms with Crippen molar-refractivity contribution in [3.63, 3.8) is 0 Å². The molecule has 1 amide bonds. The van der Waals surface area contributed by atoms with E-state index in [0.717, 1.165) is 0 Å². The zero-order valence-corrected chi connectivity index (χ0v) is 13.6. The van der Waals surface area contributed by atoms with E-state index in [4.69, 9.17) is 9.47 Å². The lowest BCUT2D eigenvalue weighted by Crippen LogP contribution is -2.42. The average molecular weight is 344 g/mol. The molecule has 0 aliphatic carbocycles. The molecule has 0 saturated heterocycles. The third-order valence-corrected chi connectivity index (χ3v) is 3.88. The van der Waals surface area contributed by atoms with Crippen molar-refractivity contribution in [2.75, 3.05) is 6.61 Å². The fraction of sp³-hybridized carbons (Fsp3) is 0.571. The van der Waals surface area contributed by atoms with Gasteiger partial charge in [-0.1, -0.05) is 28.1 Å². The van der Waals surface area contributed by atoms with Crippen LogP contribution in [0.25, 0.3) is 0 Å². The molecular weight excluding hydrogens is 326 g/mol. The third-order valence-electron chi connectivity index (χ3n) is 2.99. The predicted molar refractivity (Wildman–Crippen MR) is 77.4 cm³/mol. The van der Waals surface area contributed by atoms with Crippen LogP contribution in [0.5, 0.6) is 0 Å². The number of carbonyl (C=O) groups excluding carboxylic acids is 2. The van der Waals surface area contributed by atoms with Gasteiger partial charge in [0.25, 0.3) is 0 Å². The van der Waals surface area contributed by atoms with Crippen molar-refractivity contribution in [2.45, 2.75) is 45.4 Å². The number of esters is 1. The van der Waals surface area contributed by atoms with E-state index in [1.54, 1.807) is 11.8 Å². The van der Waals surface area contributed by atoms with Crippen LogP contribution < -0.4 is 0 Å². The third kappa shape index (κ3) is 2.61. The standard InChI is InChI=1S/C14H18BrNO4/c1-5-19-12(17)10-8-6-7-9(11(10)15)16(8)13(18)20-14(2,3)4/h6-9H,5H2,1-4H3. The van der Waals surface area contributed by atoms with Crippen LogP contribution in [0.4, 0.5) is 4.79 Å². The predicted octanol–water partition coefficient (Wildman–Crippen LogP) is 2.76. The molecular formula is C14H18BrNO4. The highest BCUT2D eigenvalue weighted by Crippen LogP contribution is 2.41. The van der Waals surface area contributed by atoms with Crippen LogP contribution in [-0.2, 0) is 14.3 Å². The summed E-state index contributed by atoms with van der Waals surface area (Å²) in [7, 11) is 0. The number of nitrogens with zero attached hydrogens (tertiary/aromatic N) is 1. The molecule has 110 valence electrons. The maximum Gasteiger partial charge on any atom is 0.411 e. The normalized spacial score (nSPS) is 24.4. The molecule has 5 nitrogen and oxygen atoms in total. The Bertz CT molecular complexity index is 504. The minimum atomic E-state index is -0.574. The van der Waals surface area contributed by atoms with Crippen molar-refractivity contribution in [3.8, 4) is 0 Å². The van der Waals surface area contributed by atoms with E-state index in [1.165, 1.54) is 0 Å². The van der Waals surface area contributed by atoms with Gasteiger partial charge in [-0.3, -0.25) is 4.90 Å². The van der Waals surface area contributed by atoms with Gasteiger partial charge in [-0.15, -0.1) is 0 Å². The molecule has 2 aliphatic heterocycles. The molecule has 0 aromatic heterocycles. The summed E-state index contributed by atoms with van der Waals surface area (Å²) in [5.74, 6) is -0.398. The van der Waals surface area contributed by atoms with Crippen molar-refractivity contribution in [3.05, 3.63) is 22.2 Å². The summed E-state index contributed by atoms with van der Waals surface area (Å²) in [4.78, 5) is 25.8. The van der Waals surface area contributed by atoms with Crippen LogP contribution in [0.2, 0.25) is 0 Å². The number of hydrogen-bond donors (Lipinski definition) is 0. The van der Waals surface area contributed by atoms with Gasteiger partial charge in [0.2, 0.25) is 0 Å². The second kappa shape index (κ2) is 5.24. The number of fused-ring (bicyclic) bond motifs is 2. The van der Waals surface area contributed by atoms with Crippen LogP contribution >= 0.6 is 15.9 Å². The minimum Gasteiger partial charge on any atom is -0.463 e. The molecule has 0 fully saturated rings. The Morgan fingerprint density at radius 2 is 1.90 bits per heavy atom. The van der Waals surface area contributed by atoms with E-state index in [9.17, 15) is 9.59 Å². The SMILES string of the molecule is CCOC(=O)C1=C(Br)C2C=CC1N2C(=O)OC(C)(C)C. The Kier molecular flexibility index (Phi) is 3.95. The van der Waals surface area contributed by atoms with Crippen molar-refractivity contribution < 1.29 is 19.1 Å². The molecule has 2 atom stereocenters. The first-order valence-corrected chi connectivity index (χ1v) is 7.32. The lowest BCUT2D eigenvalue weighted by molar-refractivity contribution is -0.138. The molecule has 2 aliphatic rings. The molecule has 6 heteroatoms. The molecule has 0 saturated carbocycles. The summed E-state index contributed by atoms with van der Waals surface area (Å²) in [5, 5.41) is 0. The number of hydrogen-bond acceptors (Lipinski definition) is 4. The Hall–Kier alpha value is -1.30. The van der Waals surface area contributed by atoms with E-state index >= 15 is 0 Å². The van der Waals surface area contributed by atoms with Gasteiger partial charge in [0.05, 0.1) is 24.3 Å². The van der Waals surface area contributed by atoms with Crippen LogP contribution in [0, 0.1) is 0 Å². The van der Waals surface area contributed by atoms with Crippen LogP contribution in [0.1, 0.15) is 27.7 Å². The molecule has 20 heavy (non-hydrogen) atoms. The van der Waals surface area contributed by atoms with Gasteiger partial charge in [-0.25, -0.2) is 9.59 Å². The summed E-state index contributed by atoms with van der Waals surface area (Å²) in [6, 6.07) is -0.697. The summed E-state index contributed by atoms with van der Waals surface area (Å²) in [5.41, 5.74) is -0.0967. The minimum absolute atomic E-state index is 0.283. The van der Waals surface area contributed by atoms with E-state index in [1.807, 2.05) is 32.9 Å². The molecule has 0 aromatic carbocycles. The molecule has 0 N–H and O–H groups in total. The Balaban J connectivity index is 2.19. The molecule has 0 spiro atoms. The summed E-state index contributed by atoms with van der Waals surface area (Å²) in [6.07, 6.45) is 3.27. The summed E-state index contributed by atoms with van der Waals surface area (Å²) >= 11 is 3.40. The first kappa shape index (κ1) is 15.1. The number of halogens is 1. The monoisotopic (exact) mass is 343 g/mol. The van der Waals surface area contributed by atoms with Crippen LogP contribution in [0.15, 0.2) is 22.2 Å². The molecule has 2 rings (SSSR count). The molecule has 0 aromatic rings. The largest absolute Gasteiger partial charge is 0.463 e. The van der Waals surface area contributed by atoms with Crippen molar-refractivity contribution >= 4 is 28.0 Å². The first-order valence-electron chi connectivity index (χ1n) is 6.52. The van der Waals surface area contributed by atoms with E-state index in [0.29, 0.717) is 16.7 Å². The first-order chi connectivity index (χ1) is 9.26. The summed E-state index contributed by atoms with van der Waals surface area (Å²) in [6.45, 7) is 7.48. The Labute approximate surface area is 126 Å². The zero-order chi connectivity index (χ0) is 15.1. The number of ether oxygens (including phenoxy) is 2. The maximum atomic E-state index is 12.3. The fourth-order valence-corrected chi connectivity index (χ4v) is 3.05. The lowest BCUT2D eigenvalue weighted by atomic mass is 10.1. The molecule has 2 unspecified atom stereocenters. The van der Waals surface area contributed by atoms with Gasteiger partial charge in [-0.2, -0.15) is 0 Å². The smallest absolute Gasteiger partial charge is 0.411 e. The van der Waals surface area contributed by atoms with Crippen molar-refractivity contribution in [1.82, 2.24) is 4.90 Å². The van der Waals surface area contributed by atoms with Crippen molar-refractivity contribution in [2.24, 2.45) is 0 Å². The Morgan fingerprint density at radius 3 is 2.45 bits per heavy atom. The maximum absolute atomic E-state index is 12.3. The van der Waals surface area contributed by atoms with E-state index < -0.39 is 23.7 Å². The molecule has 2 heterocycles. The average Bonchev–Trinajstić information content (AvgIpc) is 2.82. The molecule has 2 bridgehead atoms. The highest BCUT2D eigenvalue weighted by molar-refractivity contribution is 9.11. The quantitative estimate of drug-likeness (QED) is 0.571. The second-order valence-electron chi connectivity index (χ2n) is 5.64. The van der Waals surface area contributed by atoms with Crippen LogP contribution in [0.3, 0.4) is 0 Å². The number of rotatable bonds is 2. The van der Waals surface area contributed by atoms with Gasteiger partial charge < -0.3 is 9.47 Å². The number of carbonyl (C=O) groups is 2.